The number of fused-ring (bicyclic) bond motifs is 1. The minimum absolute atomic E-state index is 0.0118. The number of Topliss-reactive ketones (excluding diaryl/α,β-unsaturated/α-hetero) is 1. The number of para-hydroxylation sites is 1. The lowest BCUT2D eigenvalue weighted by Crippen LogP contribution is -2.14. The maximum Gasteiger partial charge on any atom is 0.188 e. The summed E-state index contributed by atoms with van der Waals surface area (Å²) >= 11 is 0. The van der Waals surface area contributed by atoms with Crippen LogP contribution in [0.3, 0.4) is 0 Å². The molecule has 0 atom stereocenters. The summed E-state index contributed by atoms with van der Waals surface area (Å²) in [6.07, 6.45) is 3.05. The average molecular weight is 283 g/mol. The van der Waals surface area contributed by atoms with Gasteiger partial charge in [-0.15, -0.1) is 0 Å². The normalized spacial score (nSPS) is 11.1. The molecule has 3 aromatic rings. The summed E-state index contributed by atoms with van der Waals surface area (Å²) in [5.74, 6) is 1.60. The van der Waals surface area contributed by atoms with Gasteiger partial charge >= 0.3 is 0 Å². The summed E-state index contributed by atoms with van der Waals surface area (Å²) in [5.41, 5.74) is 1.32. The van der Waals surface area contributed by atoms with E-state index in [0.29, 0.717) is 5.56 Å². The van der Waals surface area contributed by atoms with E-state index in [2.05, 4.69) is 10.1 Å². The summed E-state index contributed by atoms with van der Waals surface area (Å²) in [4.78, 5) is 16.9. The fraction of sp³-hybridized carbons (Fsp3) is 0.312. The predicted octanol–water partition coefficient (Wildman–Crippen LogP) is 3.03. The zero-order valence-electron chi connectivity index (χ0n) is 12.2. The van der Waals surface area contributed by atoms with Crippen LogP contribution in [0.5, 0.6) is 0 Å². The molecule has 5 heteroatoms. The second-order valence-electron chi connectivity index (χ2n) is 4.88. The minimum Gasteiger partial charge on any atom is -0.464 e. The van der Waals surface area contributed by atoms with Gasteiger partial charge in [0.2, 0.25) is 0 Å². The molecule has 0 bridgehead atoms. The third-order valence-corrected chi connectivity index (χ3v) is 3.50. The fourth-order valence-corrected chi connectivity index (χ4v) is 2.38. The van der Waals surface area contributed by atoms with Crippen LogP contribution in [0.2, 0.25) is 0 Å². The molecule has 21 heavy (non-hydrogen) atoms. The van der Waals surface area contributed by atoms with Crippen LogP contribution >= 0.6 is 0 Å². The monoisotopic (exact) mass is 283 g/mol. The molecule has 0 aliphatic heterocycles. The van der Waals surface area contributed by atoms with Crippen LogP contribution < -0.4 is 0 Å². The number of aromatic nitrogens is 3. The first-order valence-corrected chi connectivity index (χ1v) is 7.15. The number of nitrogens with zero attached hydrogens (tertiary/aromatic N) is 3. The quantitative estimate of drug-likeness (QED) is 0.675. The van der Waals surface area contributed by atoms with E-state index in [0.717, 1.165) is 35.5 Å². The molecular formula is C16H17N3O2. The summed E-state index contributed by atoms with van der Waals surface area (Å²) < 4.78 is 7.12. The average Bonchev–Trinajstić information content (AvgIpc) is 3.10. The van der Waals surface area contributed by atoms with Gasteiger partial charge in [0.15, 0.2) is 11.6 Å². The Morgan fingerprint density at radius 1 is 1.24 bits per heavy atom. The van der Waals surface area contributed by atoms with Crippen molar-refractivity contribution in [1.82, 2.24) is 14.8 Å². The van der Waals surface area contributed by atoms with Gasteiger partial charge in [0, 0.05) is 18.2 Å². The van der Waals surface area contributed by atoms with E-state index in [-0.39, 0.29) is 12.3 Å². The fourth-order valence-electron chi connectivity index (χ4n) is 2.38. The van der Waals surface area contributed by atoms with E-state index in [4.69, 9.17) is 4.42 Å². The lowest BCUT2D eigenvalue weighted by Gasteiger charge is -2.02. The van der Waals surface area contributed by atoms with E-state index in [1.165, 1.54) is 6.26 Å². The van der Waals surface area contributed by atoms with Crippen molar-refractivity contribution in [1.29, 1.82) is 0 Å². The minimum atomic E-state index is -0.0118. The molecule has 0 aliphatic carbocycles. The third kappa shape index (κ3) is 2.46. The molecule has 2 aromatic heterocycles. The Bertz CT molecular complexity index is 786. The number of rotatable bonds is 5. The highest BCUT2D eigenvalue weighted by Gasteiger charge is 2.16. The maximum absolute atomic E-state index is 12.5. The second kappa shape index (κ2) is 5.52. The van der Waals surface area contributed by atoms with Gasteiger partial charge in [-0.05, 0) is 6.07 Å². The first kappa shape index (κ1) is 13.5. The lowest BCUT2D eigenvalue weighted by atomic mass is 10.1. The van der Waals surface area contributed by atoms with Gasteiger partial charge in [-0.2, -0.15) is 5.10 Å². The molecule has 5 nitrogen and oxygen atoms in total. The van der Waals surface area contributed by atoms with Crippen LogP contribution in [0.1, 0.15) is 35.9 Å². The van der Waals surface area contributed by atoms with Crippen LogP contribution in [0.4, 0.5) is 0 Å². The first-order chi connectivity index (χ1) is 10.2. The van der Waals surface area contributed by atoms with Crippen molar-refractivity contribution in [3.8, 4) is 0 Å². The van der Waals surface area contributed by atoms with Crippen molar-refractivity contribution in [2.75, 3.05) is 0 Å². The number of aryl methyl sites for hydroxylation is 2. The SMILES string of the molecule is CCc1nc(CC)n(CC(=O)c2coc3ccccc23)n1. The maximum atomic E-state index is 12.5. The summed E-state index contributed by atoms with van der Waals surface area (Å²) in [7, 11) is 0. The number of carbonyl (C=O) groups is 1. The highest BCUT2D eigenvalue weighted by Crippen LogP contribution is 2.21. The molecule has 1 aromatic carbocycles. The van der Waals surface area contributed by atoms with Crippen LogP contribution in [0.15, 0.2) is 34.9 Å². The predicted molar refractivity (Wildman–Crippen MR) is 79.3 cm³/mol. The van der Waals surface area contributed by atoms with Crippen LogP contribution in [0.25, 0.3) is 11.0 Å². The van der Waals surface area contributed by atoms with Gasteiger partial charge in [-0.25, -0.2) is 9.67 Å². The van der Waals surface area contributed by atoms with Crippen molar-refractivity contribution in [2.45, 2.75) is 33.2 Å². The molecule has 0 amide bonds. The number of carbonyl (C=O) groups excluding carboxylic acids is 1. The molecule has 0 aliphatic rings. The molecule has 108 valence electrons. The number of hydrogen-bond acceptors (Lipinski definition) is 4. The summed E-state index contributed by atoms with van der Waals surface area (Å²) in [5, 5.41) is 5.23. The first-order valence-electron chi connectivity index (χ1n) is 7.15. The van der Waals surface area contributed by atoms with E-state index >= 15 is 0 Å². The van der Waals surface area contributed by atoms with Crippen molar-refractivity contribution < 1.29 is 9.21 Å². The topological polar surface area (TPSA) is 60.9 Å². The third-order valence-electron chi connectivity index (χ3n) is 3.50. The molecule has 0 fully saturated rings. The molecule has 3 rings (SSSR count). The Balaban J connectivity index is 1.91. The van der Waals surface area contributed by atoms with E-state index in [1.54, 1.807) is 4.68 Å². The van der Waals surface area contributed by atoms with Crippen LogP contribution in [-0.4, -0.2) is 20.5 Å². The van der Waals surface area contributed by atoms with Crippen molar-refractivity contribution in [2.24, 2.45) is 0 Å². The zero-order chi connectivity index (χ0) is 14.8. The number of hydrogen-bond donors (Lipinski definition) is 0. The number of benzene rings is 1. The highest BCUT2D eigenvalue weighted by molar-refractivity contribution is 6.06. The number of ketones is 1. The van der Waals surface area contributed by atoms with Crippen molar-refractivity contribution in [3.05, 3.63) is 47.7 Å². The molecule has 2 heterocycles. The van der Waals surface area contributed by atoms with Gasteiger partial charge in [-0.1, -0.05) is 32.0 Å². The van der Waals surface area contributed by atoms with Gasteiger partial charge in [0.05, 0.1) is 5.56 Å². The molecular weight excluding hydrogens is 266 g/mol. The van der Waals surface area contributed by atoms with Crippen molar-refractivity contribution in [3.63, 3.8) is 0 Å². The largest absolute Gasteiger partial charge is 0.464 e. The van der Waals surface area contributed by atoms with E-state index in [9.17, 15) is 4.79 Å². The Morgan fingerprint density at radius 3 is 2.81 bits per heavy atom. The Hall–Kier alpha value is -2.43. The smallest absolute Gasteiger partial charge is 0.188 e. The van der Waals surface area contributed by atoms with E-state index < -0.39 is 0 Å². The van der Waals surface area contributed by atoms with E-state index in [1.807, 2.05) is 38.1 Å². The van der Waals surface area contributed by atoms with Crippen LogP contribution in [-0.2, 0) is 19.4 Å². The summed E-state index contributed by atoms with van der Waals surface area (Å²) in [6.45, 7) is 4.21. The van der Waals surface area contributed by atoms with Crippen LogP contribution in [0, 0.1) is 0 Å². The van der Waals surface area contributed by atoms with Gasteiger partial charge in [0.25, 0.3) is 0 Å². The molecule has 0 unspecified atom stereocenters. The summed E-state index contributed by atoms with van der Waals surface area (Å²) in [6, 6.07) is 7.54. The van der Waals surface area contributed by atoms with Gasteiger partial charge in [0.1, 0.15) is 24.2 Å². The zero-order valence-corrected chi connectivity index (χ0v) is 12.2. The number of furan rings is 1. The molecule has 0 radical (unpaired) electrons. The highest BCUT2D eigenvalue weighted by atomic mass is 16.3. The second-order valence-corrected chi connectivity index (χ2v) is 4.88. The Labute approximate surface area is 122 Å². The molecule has 0 N–H and O–H groups in total. The van der Waals surface area contributed by atoms with Gasteiger partial charge in [-0.3, -0.25) is 4.79 Å². The Morgan fingerprint density at radius 2 is 2.05 bits per heavy atom. The van der Waals surface area contributed by atoms with Crippen molar-refractivity contribution >= 4 is 16.8 Å². The lowest BCUT2D eigenvalue weighted by molar-refractivity contribution is 0.0967. The Kier molecular flexibility index (Phi) is 3.56. The standard InChI is InChI=1S/C16H17N3O2/c1-3-15-17-16(4-2)19(18-15)9-13(20)12-10-21-14-8-6-5-7-11(12)14/h5-8,10H,3-4,9H2,1-2H3. The molecule has 0 saturated carbocycles. The molecule has 0 spiro atoms. The molecule has 0 saturated heterocycles. The van der Waals surface area contributed by atoms with Gasteiger partial charge < -0.3 is 4.42 Å².